The number of benzene rings is 11. The lowest BCUT2D eigenvalue weighted by Gasteiger charge is -2.14. The van der Waals surface area contributed by atoms with Crippen LogP contribution >= 0.6 is 0 Å². The molecule has 0 saturated heterocycles. The molecule has 14 rings (SSSR count). The maximum atomic E-state index is 7.03. The summed E-state index contributed by atoms with van der Waals surface area (Å²) in [4.78, 5) is 16.1. The van der Waals surface area contributed by atoms with Crippen LogP contribution in [0.5, 0.6) is 0 Å². The Bertz CT molecular complexity index is 4180. The van der Waals surface area contributed by atoms with Gasteiger partial charge in [0.05, 0.1) is 16.7 Å². The molecule has 14 aromatic rings. The van der Waals surface area contributed by atoms with E-state index in [1.807, 2.05) is 6.07 Å². The number of aromatic nitrogens is 4. The molecule has 0 atom stereocenters. The van der Waals surface area contributed by atoms with Gasteiger partial charge in [-0.05, 0) is 108 Å². The Hall–Kier alpha value is -8.67. The minimum atomic E-state index is 0.577. The van der Waals surface area contributed by atoms with Crippen molar-refractivity contribution >= 4 is 97.6 Å². The molecule has 0 fully saturated rings. The highest BCUT2D eigenvalue weighted by Crippen LogP contribution is 2.44. The Morgan fingerprint density at radius 1 is 0.328 bits per heavy atom. The smallest absolute Gasteiger partial charge is 0.164 e. The largest absolute Gasteiger partial charge is 0.454 e. The highest BCUT2D eigenvalue weighted by molar-refractivity contribution is 6.20. The molecule has 0 N–H and O–H groups in total. The summed E-state index contributed by atoms with van der Waals surface area (Å²) >= 11 is 0. The van der Waals surface area contributed by atoms with Crippen molar-refractivity contribution in [3.8, 4) is 39.9 Å². The van der Waals surface area contributed by atoms with Crippen LogP contribution in [-0.2, 0) is 0 Å². The van der Waals surface area contributed by atoms with Crippen LogP contribution < -0.4 is 0 Å². The summed E-state index contributed by atoms with van der Waals surface area (Å²) in [6.07, 6.45) is 0. The van der Waals surface area contributed by atoms with Gasteiger partial charge >= 0.3 is 0 Å². The molecule has 0 bridgehead atoms. The molecular weight excluding hydrogens is 781 g/mol. The van der Waals surface area contributed by atoms with Gasteiger partial charge < -0.3 is 8.98 Å². The monoisotopic (exact) mass is 814 g/mol. The zero-order valence-corrected chi connectivity index (χ0v) is 34.3. The van der Waals surface area contributed by atoms with E-state index in [0.29, 0.717) is 17.5 Å². The molecule has 5 heteroatoms. The average molecular weight is 815 g/mol. The molecule has 11 aromatic carbocycles. The van der Waals surface area contributed by atoms with Gasteiger partial charge in [-0.1, -0.05) is 152 Å². The standard InChI is InChI=1S/C59H34N4O/c1-2-14-36-29-42(26-25-35(36)13-1)57-60-58(62-59(61-57)50-32-41-19-7-8-20-43(41)44-21-9-10-22-45(44)50)47-27-28-51(56-55(47)46-23-11-12-24-54(46)64-56)63-52-33-39-17-5-3-15-37(39)30-48(52)49-31-38-16-4-6-18-40(38)34-53(49)63/h1-34H. The molecule has 3 heterocycles. The summed E-state index contributed by atoms with van der Waals surface area (Å²) in [5.74, 6) is 1.79. The van der Waals surface area contributed by atoms with Gasteiger partial charge in [0.15, 0.2) is 23.1 Å². The Kier molecular flexibility index (Phi) is 7.33. The Labute approximate surface area is 366 Å². The van der Waals surface area contributed by atoms with Crippen molar-refractivity contribution in [3.05, 3.63) is 206 Å². The number of nitrogens with zero attached hydrogens (tertiary/aromatic N) is 4. The van der Waals surface area contributed by atoms with Crippen LogP contribution in [0.1, 0.15) is 0 Å². The summed E-state index contributed by atoms with van der Waals surface area (Å²) < 4.78 is 9.42. The van der Waals surface area contributed by atoms with Crippen molar-refractivity contribution in [1.29, 1.82) is 0 Å². The third-order valence-corrected chi connectivity index (χ3v) is 13.1. The van der Waals surface area contributed by atoms with Gasteiger partial charge in [-0.3, -0.25) is 0 Å². The van der Waals surface area contributed by atoms with E-state index in [-0.39, 0.29) is 0 Å². The molecule has 64 heavy (non-hydrogen) atoms. The summed E-state index contributed by atoms with van der Waals surface area (Å²) in [6, 6.07) is 73.4. The zero-order valence-electron chi connectivity index (χ0n) is 34.3. The maximum Gasteiger partial charge on any atom is 0.164 e. The van der Waals surface area contributed by atoms with Crippen LogP contribution in [0.15, 0.2) is 211 Å². The lowest BCUT2D eigenvalue weighted by atomic mass is 9.96. The van der Waals surface area contributed by atoms with Crippen molar-refractivity contribution in [1.82, 2.24) is 19.5 Å². The fourth-order valence-electron chi connectivity index (χ4n) is 10.1. The SMILES string of the molecule is c1ccc2cc(-c3nc(-c4cc5ccccc5c5ccccc45)nc(-c4ccc(-n5c6cc7ccccc7cc6c6cc7ccccc7cc65)c5oc6ccccc6c45)n3)ccc2c1. The van der Waals surface area contributed by atoms with E-state index in [2.05, 4.69) is 205 Å². The van der Waals surface area contributed by atoms with E-state index >= 15 is 0 Å². The van der Waals surface area contributed by atoms with Gasteiger partial charge in [0.2, 0.25) is 0 Å². The average Bonchev–Trinajstić information content (AvgIpc) is 3.89. The molecule has 0 amide bonds. The highest BCUT2D eigenvalue weighted by Gasteiger charge is 2.24. The summed E-state index contributed by atoms with van der Waals surface area (Å²) in [5, 5.41) is 16.0. The summed E-state index contributed by atoms with van der Waals surface area (Å²) in [5.41, 5.74) is 7.49. The van der Waals surface area contributed by atoms with E-state index in [4.69, 9.17) is 19.4 Å². The summed E-state index contributed by atoms with van der Waals surface area (Å²) in [7, 11) is 0. The maximum absolute atomic E-state index is 7.03. The number of hydrogen-bond donors (Lipinski definition) is 0. The van der Waals surface area contributed by atoms with Crippen molar-refractivity contribution < 1.29 is 4.42 Å². The van der Waals surface area contributed by atoms with Gasteiger partial charge in [-0.15, -0.1) is 0 Å². The topological polar surface area (TPSA) is 56.7 Å². The highest BCUT2D eigenvalue weighted by atomic mass is 16.3. The molecule has 0 spiro atoms. The number of furan rings is 1. The fraction of sp³-hybridized carbons (Fsp3) is 0. The second kappa shape index (κ2) is 13.4. The minimum absolute atomic E-state index is 0.577. The van der Waals surface area contributed by atoms with E-state index in [9.17, 15) is 0 Å². The lowest BCUT2D eigenvalue weighted by Crippen LogP contribution is -2.02. The third-order valence-electron chi connectivity index (χ3n) is 13.1. The Balaban J connectivity index is 1.08. The molecular formula is C59H34N4O. The minimum Gasteiger partial charge on any atom is -0.454 e. The van der Waals surface area contributed by atoms with Crippen LogP contribution in [0.4, 0.5) is 0 Å². The van der Waals surface area contributed by atoms with Crippen LogP contribution in [0.3, 0.4) is 0 Å². The number of para-hydroxylation sites is 1. The molecule has 0 radical (unpaired) electrons. The van der Waals surface area contributed by atoms with E-state index in [1.54, 1.807) is 0 Å². The first kappa shape index (κ1) is 35.0. The van der Waals surface area contributed by atoms with E-state index < -0.39 is 0 Å². The molecule has 0 aliphatic rings. The quantitative estimate of drug-likeness (QED) is 0.166. The molecule has 5 nitrogen and oxygen atoms in total. The van der Waals surface area contributed by atoms with Gasteiger partial charge in [-0.25, -0.2) is 15.0 Å². The number of hydrogen-bond acceptors (Lipinski definition) is 4. The van der Waals surface area contributed by atoms with Crippen LogP contribution in [0, 0.1) is 0 Å². The summed E-state index contributed by atoms with van der Waals surface area (Å²) in [6.45, 7) is 0. The van der Waals surface area contributed by atoms with Gasteiger partial charge in [0.1, 0.15) is 5.58 Å². The normalized spacial score (nSPS) is 12.1. The first-order chi connectivity index (χ1) is 31.7. The van der Waals surface area contributed by atoms with Crippen LogP contribution in [0.2, 0.25) is 0 Å². The van der Waals surface area contributed by atoms with Crippen molar-refractivity contribution in [3.63, 3.8) is 0 Å². The molecule has 3 aromatic heterocycles. The number of rotatable bonds is 4. The van der Waals surface area contributed by atoms with E-state index in [0.717, 1.165) is 82.3 Å². The van der Waals surface area contributed by atoms with Gasteiger partial charge in [0, 0.05) is 38.2 Å². The Morgan fingerprint density at radius 2 is 0.844 bits per heavy atom. The zero-order chi connectivity index (χ0) is 41.9. The molecule has 0 aliphatic heterocycles. The fourth-order valence-corrected chi connectivity index (χ4v) is 10.1. The first-order valence-corrected chi connectivity index (χ1v) is 21.7. The molecule has 0 saturated carbocycles. The van der Waals surface area contributed by atoms with Crippen LogP contribution in [-0.4, -0.2) is 19.5 Å². The van der Waals surface area contributed by atoms with Gasteiger partial charge in [-0.2, -0.15) is 0 Å². The van der Waals surface area contributed by atoms with Crippen LogP contribution in [0.25, 0.3) is 137 Å². The third kappa shape index (κ3) is 5.22. The number of fused-ring (bicyclic) bond motifs is 12. The van der Waals surface area contributed by atoms with E-state index in [1.165, 1.54) is 37.7 Å². The van der Waals surface area contributed by atoms with Crippen molar-refractivity contribution in [2.45, 2.75) is 0 Å². The second-order valence-corrected chi connectivity index (χ2v) is 16.8. The first-order valence-electron chi connectivity index (χ1n) is 21.7. The predicted molar refractivity (Wildman–Crippen MR) is 265 cm³/mol. The predicted octanol–water partition coefficient (Wildman–Crippen LogP) is 15.6. The molecule has 296 valence electrons. The lowest BCUT2D eigenvalue weighted by molar-refractivity contribution is 0.666. The van der Waals surface area contributed by atoms with Crippen molar-refractivity contribution in [2.75, 3.05) is 0 Å². The van der Waals surface area contributed by atoms with Crippen molar-refractivity contribution in [2.24, 2.45) is 0 Å². The van der Waals surface area contributed by atoms with Gasteiger partial charge in [0.25, 0.3) is 0 Å². The Morgan fingerprint density at radius 3 is 1.53 bits per heavy atom. The second-order valence-electron chi connectivity index (χ2n) is 16.8. The molecule has 0 aliphatic carbocycles. The molecule has 0 unspecified atom stereocenters.